The Hall–Kier alpha value is -4.08. The van der Waals surface area contributed by atoms with Crippen LogP contribution in [0.2, 0.25) is 5.02 Å². The number of benzene rings is 2. The minimum atomic E-state index is -0.951. The van der Waals surface area contributed by atoms with Gasteiger partial charge in [-0.05, 0) is 42.6 Å². The van der Waals surface area contributed by atoms with Gasteiger partial charge in [-0.15, -0.1) is 0 Å². The first kappa shape index (κ1) is 28.9. The molecule has 9 nitrogen and oxygen atoms in total. The number of aryl methyl sites for hydroxylation is 1. The molecule has 2 heterocycles. The Morgan fingerprint density at radius 1 is 1.05 bits per heavy atom. The number of nitrogens with zero attached hydrogens (tertiary/aromatic N) is 2. The van der Waals surface area contributed by atoms with Gasteiger partial charge in [-0.1, -0.05) is 66.2 Å². The maximum Gasteiger partial charge on any atom is 0.248 e. The average molecular weight is 562 g/mol. The molecule has 1 aromatic heterocycles. The summed E-state index contributed by atoms with van der Waals surface area (Å²) >= 11 is 6.15. The van der Waals surface area contributed by atoms with Gasteiger partial charge >= 0.3 is 0 Å². The van der Waals surface area contributed by atoms with E-state index in [0.29, 0.717) is 10.6 Å². The van der Waals surface area contributed by atoms with Crippen molar-refractivity contribution < 1.29 is 19.2 Å². The standard InChI is InChI=1S/C30H32ClN5O4/c1-19-17-33-27(16-23(19)31)35-29(39)24(13-14-32)34-30(40)25-15-21-9-5-6-10-22(21)18-36(25)28(38)12-11-26(37)20-7-3-2-4-8-20/h2-10,16-17,24-25H,11-15,18,32H2,1H3,(H,34,40)(H,33,35,39). The molecule has 10 heteroatoms. The molecule has 0 bridgehead atoms. The van der Waals surface area contributed by atoms with Crippen LogP contribution >= 0.6 is 11.6 Å². The number of rotatable bonds is 10. The second kappa shape index (κ2) is 13.3. The fourth-order valence-electron chi connectivity index (χ4n) is 4.64. The number of amides is 3. The number of carbonyl (C=O) groups excluding carboxylic acids is 4. The molecule has 40 heavy (non-hydrogen) atoms. The second-order valence-corrected chi connectivity index (χ2v) is 10.2. The summed E-state index contributed by atoms with van der Waals surface area (Å²) in [7, 11) is 0. The normalized spacial score (nSPS) is 15.1. The Labute approximate surface area is 238 Å². The molecule has 2 atom stereocenters. The number of nitrogens with one attached hydrogen (secondary N) is 2. The number of hydrogen-bond acceptors (Lipinski definition) is 6. The molecule has 2 aromatic carbocycles. The fourth-order valence-corrected chi connectivity index (χ4v) is 4.79. The molecule has 208 valence electrons. The molecule has 2 unspecified atom stereocenters. The van der Waals surface area contributed by atoms with Gasteiger partial charge in [-0.2, -0.15) is 0 Å². The van der Waals surface area contributed by atoms with Gasteiger partial charge in [-0.25, -0.2) is 4.98 Å². The van der Waals surface area contributed by atoms with E-state index in [1.165, 1.54) is 11.0 Å². The fraction of sp³-hybridized carbons (Fsp3) is 0.300. The lowest BCUT2D eigenvalue weighted by atomic mass is 9.92. The van der Waals surface area contributed by atoms with Gasteiger partial charge in [0.2, 0.25) is 17.7 Å². The largest absolute Gasteiger partial charge is 0.342 e. The van der Waals surface area contributed by atoms with E-state index >= 15 is 0 Å². The van der Waals surface area contributed by atoms with E-state index < -0.39 is 23.9 Å². The zero-order valence-corrected chi connectivity index (χ0v) is 23.0. The van der Waals surface area contributed by atoms with Gasteiger partial charge in [-0.3, -0.25) is 19.2 Å². The first-order valence-electron chi connectivity index (χ1n) is 13.1. The smallest absolute Gasteiger partial charge is 0.248 e. The molecule has 1 aliphatic heterocycles. The quantitative estimate of drug-likeness (QED) is 0.325. The number of halogens is 1. The van der Waals surface area contributed by atoms with Crippen molar-refractivity contribution in [3.05, 3.63) is 94.1 Å². The third-order valence-electron chi connectivity index (χ3n) is 6.91. The number of anilines is 1. The van der Waals surface area contributed by atoms with Crippen LogP contribution in [0.1, 0.15) is 46.3 Å². The molecular weight excluding hydrogens is 530 g/mol. The number of carbonyl (C=O) groups is 4. The third-order valence-corrected chi connectivity index (χ3v) is 7.32. The highest BCUT2D eigenvalue weighted by molar-refractivity contribution is 6.31. The van der Waals surface area contributed by atoms with Crippen LogP contribution in [0.5, 0.6) is 0 Å². The van der Waals surface area contributed by atoms with Crippen LogP contribution in [-0.2, 0) is 27.3 Å². The number of fused-ring (bicyclic) bond motifs is 1. The van der Waals surface area contributed by atoms with Gasteiger partial charge < -0.3 is 21.3 Å². The summed E-state index contributed by atoms with van der Waals surface area (Å²) in [6.07, 6.45) is 2.00. The van der Waals surface area contributed by atoms with Crippen molar-refractivity contribution in [3.63, 3.8) is 0 Å². The van der Waals surface area contributed by atoms with Gasteiger partial charge in [0.1, 0.15) is 17.9 Å². The summed E-state index contributed by atoms with van der Waals surface area (Å²) in [5.74, 6) is -1.16. The Kier molecular flexibility index (Phi) is 9.63. The Balaban J connectivity index is 1.49. The molecular formula is C30H32ClN5O4. The summed E-state index contributed by atoms with van der Waals surface area (Å²) in [5.41, 5.74) is 8.94. The van der Waals surface area contributed by atoms with Crippen molar-refractivity contribution in [2.45, 2.75) is 51.2 Å². The van der Waals surface area contributed by atoms with Gasteiger partial charge in [0, 0.05) is 42.6 Å². The van der Waals surface area contributed by atoms with Crippen molar-refractivity contribution in [1.82, 2.24) is 15.2 Å². The highest BCUT2D eigenvalue weighted by atomic mass is 35.5. The molecule has 3 aromatic rings. The zero-order valence-electron chi connectivity index (χ0n) is 22.2. The first-order valence-corrected chi connectivity index (χ1v) is 13.5. The lowest BCUT2D eigenvalue weighted by Gasteiger charge is -2.36. The Bertz CT molecular complexity index is 1400. The van der Waals surface area contributed by atoms with Gasteiger partial charge in [0.25, 0.3) is 0 Å². The summed E-state index contributed by atoms with van der Waals surface area (Å²) in [6.45, 7) is 2.18. The van der Waals surface area contributed by atoms with E-state index in [9.17, 15) is 19.2 Å². The van der Waals surface area contributed by atoms with Gasteiger partial charge in [0.05, 0.1) is 0 Å². The van der Waals surface area contributed by atoms with E-state index in [1.54, 1.807) is 37.4 Å². The van der Waals surface area contributed by atoms with E-state index in [2.05, 4.69) is 15.6 Å². The molecule has 1 aliphatic rings. The summed E-state index contributed by atoms with van der Waals surface area (Å²) in [5, 5.41) is 5.92. The van der Waals surface area contributed by atoms with Crippen LogP contribution in [0.4, 0.5) is 5.82 Å². The average Bonchev–Trinajstić information content (AvgIpc) is 2.97. The molecule has 4 rings (SSSR count). The maximum atomic E-state index is 13.6. The highest BCUT2D eigenvalue weighted by Gasteiger charge is 2.36. The third kappa shape index (κ3) is 7.11. The lowest BCUT2D eigenvalue weighted by molar-refractivity contribution is -0.142. The summed E-state index contributed by atoms with van der Waals surface area (Å²) in [6, 6.07) is 16.1. The van der Waals surface area contributed by atoms with Crippen LogP contribution in [0.25, 0.3) is 0 Å². The molecule has 0 fully saturated rings. The zero-order chi connectivity index (χ0) is 28.6. The van der Waals surface area contributed by atoms with Gasteiger partial charge in [0.15, 0.2) is 5.78 Å². The van der Waals surface area contributed by atoms with E-state index in [0.717, 1.165) is 16.7 Å². The minimum Gasteiger partial charge on any atom is -0.342 e. The van der Waals surface area contributed by atoms with Crippen molar-refractivity contribution in [3.8, 4) is 0 Å². The molecule has 0 saturated heterocycles. The number of nitrogens with two attached hydrogens (primary N) is 1. The number of aromatic nitrogens is 1. The summed E-state index contributed by atoms with van der Waals surface area (Å²) in [4.78, 5) is 58.3. The maximum absolute atomic E-state index is 13.6. The van der Waals surface area contributed by atoms with Crippen LogP contribution in [0.3, 0.4) is 0 Å². The van der Waals surface area contributed by atoms with Crippen LogP contribution in [-0.4, -0.2) is 52.0 Å². The Morgan fingerprint density at radius 3 is 2.45 bits per heavy atom. The number of Topliss-reactive ketones (excluding diaryl/α,β-unsaturated/α-hetero) is 1. The second-order valence-electron chi connectivity index (χ2n) is 9.75. The van der Waals surface area contributed by atoms with Crippen LogP contribution in [0, 0.1) is 6.92 Å². The van der Waals surface area contributed by atoms with Crippen molar-refractivity contribution in [1.29, 1.82) is 0 Å². The number of pyridine rings is 1. The molecule has 3 amide bonds. The number of ketones is 1. The number of hydrogen-bond donors (Lipinski definition) is 3. The first-order chi connectivity index (χ1) is 19.3. The van der Waals surface area contributed by atoms with E-state index in [4.69, 9.17) is 17.3 Å². The van der Waals surface area contributed by atoms with E-state index in [1.807, 2.05) is 30.3 Å². The predicted octanol–water partition coefficient (Wildman–Crippen LogP) is 3.43. The Morgan fingerprint density at radius 2 is 1.75 bits per heavy atom. The predicted molar refractivity (Wildman–Crippen MR) is 153 cm³/mol. The molecule has 0 radical (unpaired) electrons. The van der Waals surface area contributed by atoms with Crippen molar-refractivity contribution in [2.75, 3.05) is 11.9 Å². The molecule has 0 spiro atoms. The minimum absolute atomic E-state index is 0.0274. The SMILES string of the molecule is Cc1cnc(NC(=O)C(CCN)NC(=O)C2Cc3ccccc3CN2C(=O)CCC(=O)c2ccccc2)cc1Cl. The van der Waals surface area contributed by atoms with Crippen LogP contribution < -0.4 is 16.4 Å². The highest BCUT2D eigenvalue weighted by Crippen LogP contribution is 2.25. The van der Waals surface area contributed by atoms with E-state index in [-0.39, 0.29) is 56.3 Å². The van der Waals surface area contributed by atoms with Crippen LogP contribution in [0.15, 0.2) is 66.9 Å². The van der Waals surface area contributed by atoms with Crippen molar-refractivity contribution >= 4 is 40.9 Å². The monoisotopic (exact) mass is 561 g/mol. The lowest BCUT2D eigenvalue weighted by Crippen LogP contribution is -2.56. The molecule has 0 saturated carbocycles. The topological polar surface area (TPSA) is 134 Å². The molecule has 0 aliphatic carbocycles. The molecule has 4 N–H and O–H groups in total. The summed E-state index contributed by atoms with van der Waals surface area (Å²) < 4.78 is 0. The van der Waals surface area contributed by atoms with Crippen molar-refractivity contribution in [2.24, 2.45) is 5.73 Å².